The van der Waals surface area contributed by atoms with Gasteiger partial charge in [0.05, 0.1) is 12.6 Å². The summed E-state index contributed by atoms with van der Waals surface area (Å²) in [5, 5.41) is 9.21. The fourth-order valence-electron chi connectivity index (χ4n) is 2.44. The SMILES string of the molecule is O=C(CCc1cccc(Br)c1)N1CCC[C@@H]1CO. The van der Waals surface area contributed by atoms with Gasteiger partial charge in [0.2, 0.25) is 5.91 Å². The van der Waals surface area contributed by atoms with Crippen molar-refractivity contribution in [2.45, 2.75) is 31.7 Å². The number of hydrogen-bond acceptors (Lipinski definition) is 2. The lowest BCUT2D eigenvalue weighted by molar-refractivity contribution is -0.132. The zero-order valence-electron chi connectivity index (χ0n) is 10.3. The van der Waals surface area contributed by atoms with Gasteiger partial charge in [-0.3, -0.25) is 4.79 Å². The van der Waals surface area contributed by atoms with Crippen LogP contribution in [0.25, 0.3) is 0 Å². The number of carbonyl (C=O) groups is 1. The molecule has 1 atom stereocenters. The highest BCUT2D eigenvalue weighted by atomic mass is 79.9. The summed E-state index contributed by atoms with van der Waals surface area (Å²) in [6.45, 7) is 0.880. The molecule has 1 aromatic rings. The van der Waals surface area contributed by atoms with Crippen molar-refractivity contribution in [2.24, 2.45) is 0 Å². The topological polar surface area (TPSA) is 40.5 Å². The normalized spacial score (nSPS) is 19.2. The van der Waals surface area contributed by atoms with E-state index >= 15 is 0 Å². The maximum atomic E-state index is 12.1. The van der Waals surface area contributed by atoms with E-state index in [4.69, 9.17) is 0 Å². The molecule has 18 heavy (non-hydrogen) atoms. The van der Waals surface area contributed by atoms with Crippen LogP contribution in [0.5, 0.6) is 0 Å². The standard InChI is InChI=1S/C14H18BrNO2/c15-12-4-1-3-11(9-12)6-7-14(18)16-8-2-5-13(16)10-17/h1,3-4,9,13,17H,2,5-8,10H2/t13-/m1/s1. The Morgan fingerprint density at radius 1 is 1.50 bits per heavy atom. The zero-order chi connectivity index (χ0) is 13.0. The monoisotopic (exact) mass is 311 g/mol. The van der Waals surface area contributed by atoms with Crippen molar-refractivity contribution in [3.05, 3.63) is 34.3 Å². The number of likely N-dealkylation sites (tertiary alicyclic amines) is 1. The molecule has 1 aliphatic rings. The summed E-state index contributed by atoms with van der Waals surface area (Å²) < 4.78 is 1.04. The van der Waals surface area contributed by atoms with Gasteiger partial charge in [0.15, 0.2) is 0 Å². The minimum Gasteiger partial charge on any atom is -0.394 e. The molecule has 0 bridgehead atoms. The number of amides is 1. The fourth-order valence-corrected chi connectivity index (χ4v) is 2.89. The smallest absolute Gasteiger partial charge is 0.223 e. The largest absolute Gasteiger partial charge is 0.394 e. The van der Waals surface area contributed by atoms with Crippen LogP contribution in [0, 0.1) is 0 Å². The van der Waals surface area contributed by atoms with Crippen LogP contribution in [0.15, 0.2) is 28.7 Å². The Kier molecular flexibility index (Phi) is 4.78. The summed E-state index contributed by atoms with van der Waals surface area (Å²) in [5.74, 6) is 0.159. The molecule has 0 aliphatic carbocycles. The Labute approximate surface area is 116 Å². The van der Waals surface area contributed by atoms with Gasteiger partial charge in [0.25, 0.3) is 0 Å². The summed E-state index contributed by atoms with van der Waals surface area (Å²) in [5.41, 5.74) is 1.16. The highest BCUT2D eigenvalue weighted by Gasteiger charge is 2.27. The van der Waals surface area contributed by atoms with E-state index in [0.717, 1.165) is 35.8 Å². The van der Waals surface area contributed by atoms with Crippen LogP contribution in [0.4, 0.5) is 0 Å². The fraction of sp³-hybridized carbons (Fsp3) is 0.500. The highest BCUT2D eigenvalue weighted by molar-refractivity contribution is 9.10. The van der Waals surface area contributed by atoms with Crippen LogP contribution in [-0.4, -0.2) is 35.1 Å². The molecule has 0 radical (unpaired) electrons. The summed E-state index contributed by atoms with van der Waals surface area (Å²) >= 11 is 3.43. The quantitative estimate of drug-likeness (QED) is 0.927. The van der Waals surface area contributed by atoms with Gasteiger partial charge in [-0.25, -0.2) is 0 Å². The van der Waals surface area contributed by atoms with Crippen molar-refractivity contribution in [1.29, 1.82) is 0 Å². The van der Waals surface area contributed by atoms with Gasteiger partial charge in [0, 0.05) is 17.4 Å². The Morgan fingerprint density at radius 2 is 2.33 bits per heavy atom. The van der Waals surface area contributed by atoms with Gasteiger partial charge in [-0.1, -0.05) is 28.1 Å². The molecule has 2 rings (SSSR count). The summed E-state index contributed by atoms with van der Waals surface area (Å²) in [4.78, 5) is 13.9. The number of benzene rings is 1. The van der Waals surface area contributed by atoms with Gasteiger partial charge in [0.1, 0.15) is 0 Å². The van der Waals surface area contributed by atoms with Gasteiger partial charge < -0.3 is 10.0 Å². The average Bonchev–Trinajstić information content (AvgIpc) is 2.84. The molecular formula is C14H18BrNO2. The van der Waals surface area contributed by atoms with Gasteiger partial charge in [-0.05, 0) is 37.0 Å². The second-order valence-electron chi connectivity index (χ2n) is 4.70. The molecule has 1 N–H and O–H groups in total. The number of nitrogens with zero attached hydrogens (tertiary/aromatic N) is 1. The molecule has 3 nitrogen and oxygen atoms in total. The van der Waals surface area contributed by atoms with E-state index in [1.54, 1.807) is 0 Å². The van der Waals surface area contributed by atoms with Crippen molar-refractivity contribution < 1.29 is 9.90 Å². The lowest BCUT2D eigenvalue weighted by atomic mass is 10.1. The van der Waals surface area contributed by atoms with Crippen LogP contribution in [-0.2, 0) is 11.2 Å². The predicted octanol–water partition coefficient (Wildman–Crippen LogP) is 2.37. The van der Waals surface area contributed by atoms with Gasteiger partial charge in [-0.15, -0.1) is 0 Å². The first-order valence-corrected chi connectivity index (χ1v) is 7.15. The highest BCUT2D eigenvalue weighted by Crippen LogP contribution is 2.19. The van der Waals surface area contributed by atoms with E-state index in [-0.39, 0.29) is 18.6 Å². The first-order chi connectivity index (χ1) is 8.70. The Balaban J connectivity index is 1.88. The maximum Gasteiger partial charge on any atom is 0.223 e. The van der Waals surface area contributed by atoms with E-state index < -0.39 is 0 Å². The predicted molar refractivity (Wildman–Crippen MR) is 74.3 cm³/mol. The molecule has 1 amide bonds. The van der Waals surface area contributed by atoms with Crippen molar-refractivity contribution in [2.75, 3.05) is 13.2 Å². The number of aryl methyl sites for hydroxylation is 1. The molecule has 98 valence electrons. The van der Waals surface area contributed by atoms with E-state index in [9.17, 15) is 9.90 Å². The number of carbonyl (C=O) groups excluding carboxylic acids is 1. The van der Waals surface area contributed by atoms with Crippen molar-refractivity contribution >= 4 is 21.8 Å². The third-order valence-corrected chi connectivity index (χ3v) is 3.92. The minimum absolute atomic E-state index is 0.0417. The Hall–Kier alpha value is -0.870. The van der Waals surface area contributed by atoms with E-state index in [1.165, 1.54) is 0 Å². The van der Waals surface area contributed by atoms with Crippen molar-refractivity contribution in [3.63, 3.8) is 0 Å². The molecule has 4 heteroatoms. The number of halogens is 1. The number of aliphatic hydroxyl groups excluding tert-OH is 1. The van der Waals surface area contributed by atoms with Crippen LogP contribution >= 0.6 is 15.9 Å². The first kappa shape index (κ1) is 13.6. The molecule has 0 spiro atoms. The number of rotatable bonds is 4. The molecule has 1 aliphatic heterocycles. The van der Waals surface area contributed by atoms with Gasteiger partial charge >= 0.3 is 0 Å². The molecule has 1 aromatic carbocycles. The van der Waals surface area contributed by atoms with Crippen LogP contribution in [0.2, 0.25) is 0 Å². The van der Waals surface area contributed by atoms with Crippen LogP contribution < -0.4 is 0 Å². The molecule has 0 saturated carbocycles. The van der Waals surface area contributed by atoms with Crippen molar-refractivity contribution in [3.8, 4) is 0 Å². The average molecular weight is 312 g/mol. The lowest BCUT2D eigenvalue weighted by Crippen LogP contribution is -2.37. The number of hydrogen-bond donors (Lipinski definition) is 1. The van der Waals surface area contributed by atoms with Gasteiger partial charge in [-0.2, -0.15) is 0 Å². The second-order valence-corrected chi connectivity index (χ2v) is 5.61. The van der Waals surface area contributed by atoms with Crippen LogP contribution in [0.3, 0.4) is 0 Å². The van der Waals surface area contributed by atoms with E-state index in [2.05, 4.69) is 15.9 Å². The molecule has 1 fully saturated rings. The third kappa shape index (κ3) is 3.33. The van der Waals surface area contributed by atoms with Crippen LogP contribution in [0.1, 0.15) is 24.8 Å². The van der Waals surface area contributed by atoms with E-state index in [0.29, 0.717) is 6.42 Å². The minimum atomic E-state index is 0.0417. The Morgan fingerprint density at radius 3 is 3.06 bits per heavy atom. The van der Waals surface area contributed by atoms with Crippen molar-refractivity contribution in [1.82, 2.24) is 4.90 Å². The number of aliphatic hydroxyl groups is 1. The first-order valence-electron chi connectivity index (χ1n) is 6.35. The molecule has 0 unspecified atom stereocenters. The zero-order valence-corrected chi connectivity index (χ0v) is 11.9. The molecule has 1 saturated heterocycles. The molecular weight excluding hydrogens is 294 g/mol. The maximum absolute atomic E-state index is 12.1. The third-order valence-electron chi connectivity index (χ3n) is 3.42. The second kappa shape index (κ2) is 6.34. The van der Waals surface area contributed by atoms with E-state index in [1.807, 2.05) is 29.2 Å². The lowest BCUT2D eigenvalue weighted by Gasteiger charge is -2.23. The molecule has 0 aromatic heterocycles. The summed E-state index contributed by atoms with van der Waals surface area (Å²) in [7, 11) is 0. The molecule has 1 heterocycles. The summed E-state index contributed by atoms with van der Waals surface area (Å²) in [6, 6.07) is 8.08. The Bertz CT molecular complexity index is 422. The summed E-state index contributed by atoms with van der Waals surface area (Å²) in [6.07, 6.45) is 3.22.